The van der Waals surface area contributed by atoms with E-state index in [1.807, 2.05) is 30.3 Å². The summed E-state index contributed by atoms with van der Waals surface area (Å²) in [5.41, 5.74) is 1.16. The Labute approximate surface area is 167 Å². The number of esters is 1. The number of nitrogens with zero attached hydrogens (tertiary/aromatic N) is 2. The number of methoxy groups -OCH3 is 1. The summed E-state index contributed by atoms with van der Waals surface area (Å²) in [5, 5.41) is 3.29. The van der Waals surface area contributed by atoms with E-state index < -0.39 is 0 Å². The molecule has 0 aromatic heterocycles. The van der Waals surface area contributed by atoms with Crippen LogP contribution in [0, 0.1) is 11.8 Å². The highest BCUT2D eigenvalue weighted by Crippen LogP contribution is 2.23. The number of nitrogens with one attached hydrogen (secondary N) is 1. The van der Waals surface area contributed by atoms with Gasteiger partial charge in [0.2, 0.25) is 0 Å². The Balaban J connectivity index is 0.00000312. The van der Waals surface area contributed by atoms with Gasteiger partial charge in [0.15, 0.2) is 5.96 Å². The molecule has 2 rings (SSSR count). The molecule has 0 radical (unpaired) electrons. The summed E-state index contributed by atoms with van der Waals surface area (Å²) in [5.74, 6) is 0.816. The van der Waals surface area contributed by atoms with Crippen LogP contribution >= 0.6 is 24.0 Å². The van der Waals surface area contributed by atoms with Gasteiger partial charge in [0.25, 0.3) is 0 Å². The molecule has 2 unspecified atom stereocenters. The van der Waals surface area contributed by atoms with Crippen molar-refractivity contribution >= 4 is 35.9 Å². The number of hydrogen-bond acceptors (Lipinski definition) is 4. The lowest BCUT2D eigenvalue weighted by Crippen LogP contribution is -2.41. The number of carbonyl (C=O) groups is 1. The fourth-order valence-corrected chi connectivity index (χ4v) is 2.93. The zero-order valence-electron chi connectivity index (χ0n) is 15.1. The smallest absolute Gasteiger partial charge is 0.310 e. The first kappa shape index (κ1) is 21.7. The summed E-state index contributed by atoms with van der Waals surface area (Å²) < 4.78 is 10.5. The second-order valence-electron chi connectivity index (χ2n) is 6.02. The van der Waals surface area contributed by atoms with E-state index in [2.05, 4.69) is 22.1 Å². The number of benzene rings is 1. The standard InChI is InChI=1S/C18H27N3O3.HI/c1-14-11-21(12-16(14)17(22)23-3)18(19-2)20-9-10-24-13-15-7-5-4-6-8-15;/h4-8,14,16H,9-13H2,1-3H3,(H,19,20);1H. The highest BCUT2D eigenvalue weighted by Gasteiger charge is 2.36. The van der Waals surface area contributed by atoms with Gasteiger partial charge in [-0.3, -0.25) is 9.79 Å². The van der Waals surface area contributed by atoms with Crippen LogP contribution in [0.1, 0.15) is 12.5 Å². The molecule has 0 bridgehead atoms. The molecule has 1 aliphatic heterocycles. The Bertz CT molecular complexity index is 554. The van der Waals surface area contributed by atoms with Gasteiger partial charge < -0.3 is 19.7 Å². The highest BCUT2D eigenvalue weighted by atomic mass is 127. The van der Waals surface area contributed by atoms with E-state index in [0.29, 0.717) is 26.3 Å². The quantitative estimate of drug-likeness (QED) is 0.231. The fraction of sp³-hybridized carbons (Fsp3) is 0.556. The topological polar surface area (TPSA) is 63.2 Å². The third kappa shape index (κ3) is 6.47. The maximum absolute atomic E-state index is 11.8. The lowest BCUT2D eigenvalue weighted by Gasteiger charge is -2.21. The van der Waals surface area contributed by atoms with Crippen LogP contribution in [0.5, 0.6) is 0 Å². The number of halogens is 1. The molecule has 2 atom stereocenters. The SMILES string of the molecule is CN=C(NCCOCc1ccccc1)N1CC(C)C(C(=O)OC)C1.I. The molecule has 1 heterocycles. The molecule has 1 aliphatic rings. The molecule has 0 saturated carbocycles. The van der Waals surface area contributed by atoms with Crippen LogP contribution in [-0.2, 0) is 20.9 Å². The minimum absolute atomic E-state index is 0. The maximum Gasteiger partial charge on any atom is 0.310 e. The Morgan fingerprint density at radius 1 is 1.32 bits per heavy atom. The van der Waals surface area contributed by atoms with Gasteiger partial charge in [-0.2, -0.15) is 0 Å². The van der Waals surface area contributed by atoms with E-state index in [1.165, 1.54) is 7.11 Å². The fourth-order valence-electron chi connectivity index (χ4n) is 2.93. The van der Waals surface area contributed by atoms with Gasteiger partial charge in [-0.25, -0.2) is 0 Å². The molecule has 0 aliphatic carbocycles. The zero-order valence-corrected chi connectivity index (χ0v) is 17.4. The molecular formula is C18H28IN3O3. The minimum atomic E-state index is -0.147. The highest BCUT2D eigenvalue weighted by molar-refractivity contribution is 14.0. The van der Waals surface area contributed by atoms with Crippen LogP contribution in [0.3, 0.4) is 0 Å². The summed E-state index contributed by atoms with van der Waals surface area (Å²) in [7, 11) is 3.19. The molecule has 1 N–H and O–H groups in total. The van der Waals surface area contributed by atoms with Crippen LogP contribution in [0.4, 0.5) is 0 Å². The number of rotatable bonds is 6. The van der Waals surface area contributed by atoms with Crippen molar-refractivity contribution in [2.24, 2.45) is 16.8 Å². The lowest BCUT2D eigenvalue weighted by molar-refractivity contribution is -0.145. The Morgan fingerprint density at radius 2 is 2.04 bits per heavy atom. The van der Waals surface area contributed by atoms with Crippen LogP contribution in [0.25, 0.3) is 0 Å². The van der Waals surface area contributed by atoms with Crippen molar-refractivity contribution in [2.75, 3.05) is 40.4 Å². The molecule has 25 heavy (non-hydrogen) atoms. The van der Waals surface area contributed by atoms with Crippen molar-refractivity contribution in [1.29, 1.82) is 0 Å². The lowest BCUT2D eigenvalue weighted by atomic mass is 9.99. The van der Waals surface area contributed by atoms with Crippen molar-refractivity contribution < 1.29 is 14.3 Å². The molecule has 1 aromatic rings. The van der Waals surface area contributed by atoms with Crippen molar-refractivity contribution in [3.8, 4) is 0 Å². The van der Waals surface area contributed by atoms with Crippen LogP contribution in [-0.4, -0.2) is 57.2 Å². The first-order chi connectivity index (χ1) is 11.7. The van der Waals surface area contributed by atoms with E-state index in [0.717, 1.165) is 18.1 Å². The molecule has 140 valence electrons. The third-order valence-electron chi connectivity index (χ3n) is 4.27. The number of ether oxygens (including phenoxy) is 2. The average molecular weight is 461 g/mol. The van der Waals surface area contributed by atoms with Crippen LogP contribution in [0.2, 0.25) is 0 Å². The molecular weight excluding hydrogens is 433 g/mol. The monoisotopic (exact) mass is 461 g/mol. The molecule has 1 fully saturated rings. The minimum Gasteiger partial charge on any atom is -0.469 e. The summed E-state index contributed by atoms with van der Waals surface area (Å²) in [6, 6.07) is 10.1. The molecule has 0 amide bonds. The summed E-state index contributed by atoms with van der Waals surface area (Å²) in [6.45, 7) is 5.37. The van der Waals surface area contributed by atoms with E-state index in [-0.39, 0.29) is 41.8 Å². The Kier molecular flexibility index (Phi) is 9.81. The van der Waals surface area contributed by atoms with Gasteiger partial charge >= 0.3 is 5.97 Å². The number of aliphatic imine (C=N–C) groups is 1. The maximum atomic E-state index is 11.8. The predicted molar refractivity (Wildman–Crippen MR) is 109 cm³/mol. The van der Waals surface area contributed by atoms with E-state index >= 15 is 0 Å². The van der Waals surface area contributed by atoms with E-state index in [4.69, 9.17) is 9.47 Å². The summed E-state index contributed by atoms with van der Waals surface area (Å²) in [6.07, 6.45) is 0. The zero-order chi connectivity index (χ0) is 17.4. The number of guanidine groups is 1. The first-order valence-electron chi connectivity index (χ1n) is 8.30. The molecule has 0 spiro atoms. The molecule has 7 heteroatoms. The summed E-state index contributed by atoms with van der Waals surface area (Å²) >= 11 is 0. The van der Waals surface area contributed by atoms with Crippen LogP contribution < -0.4 is 5.32 Å². The van der Waals surface area contributed by atoms with Crippen molar-refractivity contribution in [2.45, 2.75) is 13.5 Å². The normalized spacial score (nSPS) is 20.1. The van der Waals surface area contributed by atoms with E-state index in [1.54, 1.807) is 7.05 Å². The second kappa shape index (κ2) is 11.3. The number of hydrogen-bond donors (Lipinski definition) is 1. The van der Waals surface area contributed by atoms with Gasteiger partial charge in [-0.05, 0) is 11.5 Å². The van der Waals surface area contributed by atoms with Crippen molar-refractivity contribution in [1.82, 2.24) is 10.2 Å². The molecule has 6 nitrogen and oxygen atoms in total. The number of likely N-dealkylation sites (tertiary alicyclic amines) is 1. The van der Waals surface area contributed by atoms with Crippen LogP contribution in [0.15, 0.2) is 35.3 Å². The van der Waals surface area contributed by atoms with Crippen molar-refractivity contribution in [3.05, 3.63) is 35.9 Å². The van der Waals surface area contributed by atoms with Gasteiger partial charge in [-0.1, -0.05) is 37.3 Å². The first-order valence-corrected chi connectivity index (χ1v) is 8.30. The van der Waals surface area contributed by atoms with Crippen molar-refractivity contribution in [3.63, 3.8) is 0 Å². The third-order valence-corrected chi connectivity index (χ3v) is 4.27. The largest absolute Gasteiger partial charge is 0.469 e. The van der Waals surface area contributed by atoms with Gasteiger partial charge in [0.1, 0.15) is 0 Å². The molecule has 1 aromatic carbocycles. The predicted octanol–water partition coefficient (Wildman–Crippen LogP) is 2.14. The van der Waals surface area contributed by atoms with Gasteiger partial charge in [0, 0.05) is 26.7 Å². The average Bonchev–Trinajstić information content (AvgIpc) is 3.00. The van der Waals surface area contributed by atoms with Gasteiger partial charge in [0.05, 0.1) is 26.2 Å². The number of carbonyl (C=O) groups excluding carboxylic acids is 1. The second-order valence-corrected chi connectivity index (χ2v) is 6.02. The molecule has 1 saturated heterocycles. The Morgan fingerprint density at radius 3 is 2.68 bits per heavy atom. The van der Waals surface area contributed by atoms with Gasteiger partial charge in [-0.15, -0.1) is 24.0 Å². The summed E-state index contributed by atoms with van der Waals surface area (Å²) in [4.78, 5) is 18.2. The van der Waals surface area contributed by atoms with E-state index in [9.17, 15) is 4.79 Å². The Hall–Kier alpha value is -1.35.